The van der Waals surface area contributed by atoms with Crippen LogP contribution in [0.15, 0.2) is 30.3 Å². The second-order valence-electron chi connectivity index (χ2n) is 5.64. The summed E-state index contributed by atoms with van der Waals surface area (Å²) < 4.78 is 32.2. The minimum atomic E-state index is -3.23. The van der Waals surface area contributed by atoms with E-state index in [9.17, 15) is 8.42 Å². The third-order valence-electron chi connectivity index (χ3n) is 4.01. The number of methoxy groups -OCH3 is 1. The second-order valence-corrected chi connectivity index (χ2v) is 7.56. The van der Waals surface area contributed by atoms with Gasteiger partial charge in [0.1, 0.15) is 0 Å². The number of hydrogen-bond donors (Lipinski definition) is 0. The van der Waals surface area contributed by atoms with Crippen LogP contribution in [0.25, 0.3) is 0 Å². The van der Waals surface area contributed by atoms with Gasteiger partial charge in [-0.15, -0.1) is 0 Å². The number of benzene rings is 1. The highest BCUT2D eigenvalue weighted by Crippen LogP contribution is 2.25. The van der Waals surface area contributed by atoms with E-state index in [1.54, 1.807) is 11.4 Å². The van der Waals surface area contributed by atoms with Gasteiger partial charge in [0.25, 0.3) is 0 Å². The van der Waals surface area contributed by atoms with Gasteiger partial charge in [0, 0.05) is 26.3 Å². The molecule has 0 aliphatic carbocycles. The van der Waals surface area contributed by atoms with Crippen LogP contribution in [0.4, 0.5) is 0 Å². The van der Waals surface area contributed by atoms with Crippen molar-refractivity contribution >= 4 is 10.0 Å². The molecule has 1 fully saturated rings. The average molecular weight is 311 g/mol. The second kappa shape index (κ2) is 7.92. The minimum Gasteiger partial charge on any atom is -0.385 e. The van der Waals surface area contributed by atoms with Gasteiger partial charge in [0.15, 0.2) is 0 Å². The first-order valence-electron chi connectivity index (χ1n) is 7.66. The summed E-state index contributed by atoms with van der Waals surface area (Å²) >= 11 is 0. The fourth-order valence-corrected chi connectivity index (χ4v) is 4.81. The Bertz CT molecular complexity index is 516. The average Bonchev–Trinajstić information content (AvgIpc) is 2.48. The van der Waals surface area contributed by atoms with Gasteiger partial charge in [-0.2, -0.15) is 4.31 Å². The first kappa shape index (κ1) is 16.5. The summed E-state index contributed by atoms with van der Waals surface area (Å²) in [6.07, 6.45) is 4.86. The zero-order valence-electron chi connectivity index (χ0n) is 12.7. The molecular weight excluding hydrogens is 286 g/mol. The quantitative estimate of drug-likeness (QED) is 0.728. The molecule has 21 heavy (non-hydrogen) atoms. The van der Waals surface area contributed by atoms with Crippen molar-refractivity contribution in [3.05, 3.63) is 35.9 Å². The summed E-state index contributed by atoms with van der Waals surface area (Å²) in [4.78, 5) is 0. The Morgan fingerprint density at radius 2 is 2.00 bits per heavy atom. The molecule has 1 aromatic rings. The summed E-state index contributed by atoms with van der Waals surface area (Å²) in [6, 6.07) is 9.57. The van der Waals surface area contributed by atoms with Crippen LogP contribution in [-0.2, 0) is 20.5 Å². The van der Waals surface area contributed by atoms with Crippen LogP contribution < -0.4 is 0 Å². The van der Waals surface area contributed by atoms with Crippen LogP contribution in [0.1, 0.15) is 37.7 Å². The molecule has 118 valence electrons. The monoisotopic (exact) mass is 311 g/mol. The number of piperidine rings is 1. The third kappa shape index (κ3) is 4.80. The van der Waals surface area contributed by atoms with E-state index in [1.165, 1.54) is 0 Å². The predicted octanol–water partition coefficient (Wildman–Crippen LogP) is 2.80. The van der Waals surface area contributed by atoms with Gasteiger partial charge in [-0.05, 0) is 31.2 Å². The van der Waals surface area contributed by atoms with Crippen molar-refractivity contribution in [1.82, 2.24) is 4.31 Å². The molecule has 1 aromatic carbocycles. The van der Waals surface area contributed by atoms with Crippen molar-refractivity contribution < 1.29 is 13.2 Å². The maximum Gasteiger partial charge on any atom is 0.218 e. The van der Waals surface area contributed by atoms with E-state index in [0.29, 0.717) is 13.2 Å². The number of hydrogen-bond acceptors (Lipinski definition) is 3. The molecule has 1 atom stereocenters. The molecule has 1 aliphatic rings. The fourth-order valence-electron chi connectivity index (χ4n) is 2.96. The zero-order valence-corrected chi connectivity index (χ0v) is 13.5. The minimum absolute atomic E-state index is 0.106. The molecule has 0 saturated carbocycles. The number of rotatable bonds is 7. The van der Waals surface area contributed by atoms with Crippen molar-refractivity contribution in [2.45, 2.75) is 43.9 Å². The molecule has 2 rings (SSSR count). The molecule has 1 aliphatic heterocycles. The van der Waals surface area contributed by atoms with Crippen LogP contribution in [0, 0.1) is 0 Å². The maximum absolute atomic E-state index is 12.7. The van der Waals surface area contributed by atoms with Gasteiger partial charge in [-0.25, -0.2) is 8.42 Å². The van der Waals surface area contributed by atoms with E-state index in [0.717, 1.165) is 37.7 Å². The lowest BCUT2D eigenvalue weighted by molar-refractivity contribution is 0.172. The molecular formula is C16H25NO3S. The van der Waals surface area contributed by atoms with Gasteiger partial charge in [-0.1, -0.05) is 36.8 Å². The highest BCUT2D eigenvalue weighted by molar-refractivity contribution is 7.88. The topological polar surface area (TPSA) is 46.6 Å². The van der Waals surface area contributed by atoms with Crippen LogP contribution in [-0.4, -0.2) is 39.0 Å². The summed E-state index contributed by atoms with van der Waals surface area (Å²) in [5.41, 5.74) is 0.860. The van der Waals surface area contributed by atoms with Crippen LogP contribution in [0.5, 0.6) is 0 Å². The zero-order chi connectivity index (χ0) is 15.1. The summed E-state index contributed by atoms with van der Waals surface area (Å²) in [5.74, 6) is 0.106. The molecule has 4 nitrogen and oxygen atoms in total. The lowest BCUT2D eigenvalue weighted by Gasteiger charge is -2.34. The molecule has 0 aromatic heterocycles. The van der Waals surface area contributed by atoms with E-state index in [4.69, 9.17) is 4.74 Å². The van der Waals surface area contributed by atoms with Crippen LogP contribution in [0.2, 0.25) is 0 Å². The summed E-state index contributed by atoms with van der Waals surface area (Å²) in [7, 11) is -1.54. The van der Waals surface area contributed by atoms with Gasteiger partial charge in [0.2, 0.25) is 10.0 Å². The van der Waals surface area contributed by atoms with Gasteiger partial charge in [0.05, 0.1) is 5.75 Å². The Kier molecular flexibility index (Phi) is 6.21. The molecule has 1 unspecified atom stereocenters. The van der Waals surface area contributed by atoms with Crippen molar-refractivity contribution in [2.24, 2.45) is 0 Å². The molecule has 1 heterocycles. The fraction of sp³-hybridized carbons (Fsp3) is 0.625. The van der Waals surface area contributed by atoms with E-state index in [2.05, 4.69) is 0 Å². The van der Waals surface area contributed by atoms with E-state index in [-0.39, 0.29) is 11.8 Å². The SMILES string of the molecule is COCCCC1CCCCN1S(=O)(=O)Cc1ccccc1. The van der Waals surface area contributed by atoms with Gasteiger partial charge >= 0.3 is 0 Å². The molecule has 0 N–H and O–H groups in total. The largest absolute Gasteiger partial charge is 0.385 e. The standard InChI is InChI=1S/C16H25NO3S/c1-20-13-7-11-16-10-5-6-12-17(16)21(18,19)14-15-8-3-2-4-9-15/h2-4,8-9,16H,5-7,10-14H2,1H3. The molecule has 1 saturated heterocycles. The molecule has 0 spiro atoms. The lowest BCUT2D eigenvalue weighted by atomic mass is 10.0. The number of ether oxygens (including phenoxy) is 1. The highest BCUT2D eigenvalue weighted by Gasteiger charge is 2.31. The van der Waals surface area contributed by atoms with Crippen LogP contribution >= 0.6 is 0 Å². The first-order chi connectivity index (χ1) is 10.1. The van der Waals surface area contributed by atoms with E-state index in [1.807, 2.05) is 30.3 Å². The molecule has 5 heteroatoms. The van der Waals surface area contributed by atoms with Crippen molar-refractivity contribution in [2.75, 3.05) is 20.3 Å². The Morgan fingerprint density at radius 3 is 2.71 bits per heavy atom. The van der Waals surface area contributed by atoms with Gasteiger partial charge in [-0.3, -0.25) is 0 Å². The number of nitrogens with zero attached hydrogens (tertiary/aromatic N) is 1. The smallest absolute Gasteiger partial charge is 0.218 e. The third-order valence-corrected chi connectivity index (χ3v) is 5.90. The van der Waals surface area contributed by atoms with Crippen LogP contribution in [0.3, 0.4) is 0 Å². The summed E-state index contributed by atoms with van der Waals surface area (Å²) in [5, 5.41) is 0. The van der Waals surface area contributed by atoms with E-state index < -0.39 is 10.0 Å². The highest BCUT2D eigenvalue weighted by atomic mass is 32.2. The van der Waals surface area contributed by atoms with Crippen molar-refractivity contribution in [3.8, 4) is 0 Å². The Balaban J connectivity index is 2.04. The Morgan fingerprint density at radius 1 is 1.24 bits per heavy atom. The Labute approximate surface area is 128 Å². The first-order valence-corrected chi connectivity index (χ1v) is 9.27. The van der Waals surface area contributed by atoms with Gasteiger partial charge < -0.3 is 4.74 Å². The molecule has 0 radical (unpaired) electrons. The summed E-state index contributed by atoms with van der Waals surface area (Å²) in [6.45, 7) is 1.36. The maximum atomic E-state index is 12.7. The van der Waals surface area contributed by atoms with Crippen molar-refractivity contribution in [3.63, 3.8) is 0 Å². The normalized spacial score (nSPS) is 20.5. The molecule has 0 bridgehead atoms. The predicted molar refractivity (Wildman–Crippen MR) is 84.5 cm³/mol. The molecule has 0 amide bonds. The van der Waals surface area contributed by atoms with Crippen molar-refractivity contribution in [1.29, 1.82) is 0 Å². The van der Waals surface area contributed by atoms with E-state index >= 15 is 0 Å². The number of sulfonamides is 1. The Hall–Kier alpha value is -0.910. The lowest BCUT2D eigenvalue weighted by Crippen LogP contribution is -2.44.